The lowest BCUT2D eigenvalue weighted by Crippen LogP contribution is -2.29. The topological polar surface area (TPSA) is 105 Å². The van der Waals surface area contributed by atoms with Crippen molar-refractivity contribution in [3.63, 3.8) is 0 Å². The van der Waals surface area contributed by atoms with Crippen molar-refractivity contribution in [1.29, 1.82) is 0 Å². The molecule has 0 saturated carbocycles. The lowest BCUT2D eigenvalue weighted by Gasteiger charge is -2.13. The second-order valence-corrected chi connectivity index (χ2v) is 8.25. The molecule has 0 spiro atoms. The zero-order valence-corrected chi connectivity index (χ0v) is 19.6. The van der Waals surface area contributed by atoms with Gasteiger partial charge in [-0.25, -0.2) is 0 Å². The van der Waals surface area contributed by atoms with Crippen LogP contribution in [0.15, 0.2) is 66.7 Å². The van der Waals surface area contributed by atoms with Crippen LogP contribution in [0.1, 0.15) is 47.0 Å². The summed E-state index contributed by atoms with van der Waals surface area (Å²) in [5.74, 6) is -1.68. The lowest BCUT2D eigenvalue weighted by atomic mass is 10.1. The third-order valence-electron chi connectivity index (χ3n) is 5.48. The van der Waals surface area contributed by atoms with E-state index in [1.165, 1.54) is 37.4 Å². The summed E-state index contributed by atoms with van der Waals surface area (Å²) in [6.07, 6.45) is 0. The van der Waals surface area contributed by atoms with Crippen LogP contribution in [0.3, 0.4) is 0 Å². The molecule has 3 aromatic rings. The number of nitrogens with zero attached hydrogens (tertiary/aromatic N) is 1. The number of ether oxygens (including phenoxy) is 1. The molecular weight excluding hydrogens is 470 g/mol. The first-order valence-corrected chi connectivity index (χ1v) is 11.2. The predicted molar refractivity (Wildman–Crippen MR) is 131 cm³/mol. The van der Waals surface area contributed by atoms with Gasteiger partial charge in [0.2, 0.25) is 0 Å². The summed E-state index contributed by atoms with van der Waals surface area (Å²) >= 11 is 6.23. The Bertz CT molecular complexity index is 1310. The van der Waals surface area contributed by atoms with E-state index in [1.807, 2.05) is 30.3 Å². The lowest BCUT2D eigenvalue weighted by molar-refractivity contribution is 0.0641. The van der Waals surface area contributed by atoms with Crippen LogP contribution < -0.4 is 10.6 Å². The number of hydrogen-bond donors (Lipinski definition) is 2. The molecule has 0 bridgehead atoms. The summed E-state index contributed by atoms with van der Waals surface area (Å²) in [5.41, 5.74) is 2.12. The van der Waals surface area contributed by atoms with Gasteiger partial charge in [0.1, 0.15) is 0 Å². The summed E-state index contributed by atoms with van der Waals surface area (Å²) in [4.78, 5) is 51.8. The van der Waals surface area contributed by atoms with Crippen molar-refractivity contribution in [2.24, 2.45) is 0 Å². The molecule has 0 aliphatic carbocycles. The summed E-state index contributed by atoms with van der Waals surface area (Å²) in [6, 6.07) is 18.1. The largest absolute Gasteiger partial charge is 0.383 e. The van der Waals surface area contributed by atoms with Crippen molar-refractivity contribution in [2.45, 2.75) is 6.54 Å². The van der Waals surface area contributed by atoms with Gasteiger partial charge in [0.05, 0.1) is 34.9 Å². The van der Waals surface area contributed by atoms with Crippen molar-refractivity contribution >= 4 is 40.9 Å². The van der Waals surface area contributed by atoms with E-state index in [-0.39, 0.29) is 39.7 Å². The Morgan fingerprint density at radius 2 is 1.66 bits per heavy atom. The predicted octanol–water partition coefficient (Wildman–Crippen LogP) is 3.76. The van der Waals surface area contributed by atoms with Crippen LogP contribution in [0.4, 0.5) is 5.69 Å². The number of anilines is 1. The zero-order valence-electron chi connectivity index (χ0n) is 18.8. The molecule has 0 fully saturated rings. The molecule has 2 N–H and O–H groups in total. The highest BCUT2D eigenvalue weighted by Crippen LogP contribution is 2.27. The van der Waals surface area contributed by atoms with E-state index in [9.17, 15) is 19.2 Å². The fourth-order valence-corrected chi connectivity index (χ4v) is 3.95. The number of imide groups is 1. The van der Waals surface area contributed by atoms with E-state index in [0.717, 1.165) is 10.5 Å². The minimum atomic E-state index is -0.483. The molecule has 0 atom stereocenters. The normalized spacial score (nSPS) is 12.5. The van der Waals surface area contributed by atoms with Crippen LogP contribution in [0.25, 0.3) is 0 Å². The number of carbonyl (C=O) groups excluding carboxylic acids is 4. The molecule has 178 valence electrons. The molecule has 8 nitrogen and oxygen atoms in total. The third kappa shape index (κ3) is 5.24. The van der Waals surface area contributed by atoms with E-state index in [4.69, 9.17) is 16.3 Å². The third-order valence-corrected chi connectivity index (χ3v) is 5.79. The number of amides is 4. The van der Waals surface area contributed by atoms with Gasteiger partial charge < -0.3 is 15.4 Å². The molecule has 9 heteroatoms. The van der Waals surface area contributed by atoms with E-state index in [2.05, 4.69) is 10.6 Å². The molecule has 0 aromatic heterocycles. The maximum Gasteiger partial charge on any atom is 0.261 e. The molecule has 1 aliphatic heterocycles. The summed E-state index contributed by atoms with van der Waals surface area (Å²) in [7, 11) is 1.53. The average molecular weight is 492 g/mol. The number of nitrogens with one attached hydrogen (secondary N) is 2. The van der Waals surface area contributed by atoms with Gasteiger partial charge >= 0.3 is 0 Å². The highest BCUT2D eigenvalue weighted by atomic mass is 35.5. The number of hydrogen-bond acceptors (Lipinski definition) is 5. The fourth-order valence-electron chi connectivity index (χ4n) is 3.68. The van der Waals surface area contributed by atoms with Gasteiger partial charge in [-0.15, -0.1) is 0 Å². The minimum absolute atomic E-state index is 0.151. The van der Waals surface area contributed by atoms with Crippen LogP contribution in [0, 0.1) is 0 Å². The van der Waals surface area contributed by atoms with Crippen molar-refractivity contribution in [3.8, 4) is 0 Å². The average Bonchev–Trinajstić information content (AvgIpc) is 3.09. The molecule has 4 amide bonds. The highest BCUT2D eigenvalue weighted by molar-refractivity contribution is 6.34. The Labute approximate surface area is 206 Å². The molecule has 0 radical (unpaired) electrons. The van der Waals surface area contributed by atoms with Crippen LogP contribution in [-0.2, 0) is 11.3 Å². The highest BCUT2D eigenvalue weighted by Gasteiger charge is 2.36. The van der Waals surface area contributed by atoms with Gasteiger partial charge in [-0.2, -0.15) is 0 Å². The van der Waals surface area contributed by atoms with Gasteiger partial charge in [-0.1, -0.05) is 41.9 Å². The van der Waals surface area contributed by atoms with Crippen molar-refractivity contribution < 1.29 is 23.9 Å². The quantitative estimate of drug-likeness (QED) is 0.369. The van der Waals surface area contributed by atoms with Gasteiger partial charge in [-0.05, 0) is 42.0 Å². The maximum atomic E-state index is 12.9. The molecule has 0 saturated heterocycles. The SMILES string of the molecule is COCCNC(=O)c1ccc(NC(=O)c2ccc3c(c2)C(=O)N(Cc2ccccc2)C3=O)cc1Cl. The van der Waals surface area contributed by atoms with Gasteiger partial charge in [0.15, 0.2) is 0 Å². The Morgan fingerprint density at radius 3 is 2.37 bits per heavy atom. The maximum absolute atomic E-state index is 12.9. The molecule has 4 rings (SSSR count). The second-order valence-electron chi connectivity index (χ2n) is 7.84. The van der Waals surface area contributed by atoms with Gasteiger partial charge in [0, 0.05) is 24.9 Å². The van der Waals surface area contributed by atoms with Crippen LogP contribution >= 0.6 is 11.6 Å². The monoisotopic (exact) mass is 491 g/mol. The zero-order chi connectivity index (χ0) is 24.9. The number of fused-ring (bicyclic) bond motifs is 1. The Balaban J connectivity index is 1.47. The van der Waals surface area contributed by atoms with Crippen molar-refractivity contribution in [2.75, 3.05) is 25.6 Å². The van der Waals surface area contributed by atoms with Gasteiger partial charge in [-0.3, -0.25) is 24.1 Å². The van der Waals surface area contributed by atoms with Crippen molar-refractivity contribution in [3.05, 3.63) is 99.6 Å². The van der Waals surface area contributed by atoms with Gasteiger partial charge in [0.25, 0.3) is 23.6 Å². The van der Waals surface area contributed by atoms with E-state index < -0.39 is 17.7 Å². The number of rotatable bonds is 8. The smallest absolute Gasteiger partial charge is 0.261 e. The number of halogens is 1. The summed E-state index contributed by atoms with van der Waals surface area (Å²) in [6.45, 7) is 0.863. The molecular formula is C26H22ClN3O5. The Kier molecular flexibility index (Phi) is 7.24. The number of benzene rings is 3. The van der Waals surface area contributed by atoms with Crippen LogP contribution in [0.5, 0.6) is 0 Å². The van der Waals surface area contributed by atoms with E-state index in [0.29, 0.717) is 18.8 Å². The molecule has 1 aliphatic rings. The van der Waals surface area contributed by atoms with Crippen LogP contribution in [0.2, 0.25) is 5.02 Å². The Hall–Kier alpha value is -4.01. The molecule has 35 heavy (non-hydrogen) atoms. The standard InChI is InChI=1S/C26H22ClN3O5/c1-35-12-11-28-24(32)20-10-8-18(14-22(20)27)29-23(31)17-7-9-19-21(13-17)26(34)30(25(19)33)15-16-5-3-2-4-6-16/h2-10,13-14H,11-12,15H2,1H3,(H,28,32)(H,29,31). The first-order valence-electron chi connectivity index (χ1n) is 10.8. The number of carbonyl (C=O) groups is 4. The molecule has 1 heterocycles. The summed E-state index contributed by atoms with van der Waals surface area (Å²) in [5, 5.41) is 5.55. The molecule has 0 unspecified atom stereocenters. The van der Waals surface area contributed by atoms with Crippen LogP contribution in [-0.4, -0.2) is 48.8 Å². The van der Waals surface area contributed by atoms with Crippen molar-refractivity contribution in [1.82, 2.24) is 10.2 Å². The fraction of sp³-hybridized carbons (Fsp3) is 0.154. The second kappa shape index (κ2) is 10.5. The minimum Gasteiger partial charge on any atom is -0.383 e. The Morgan fingerprint density at radius 1 is 0.914 bits per heavy atom. The van der Waals surface area contributed by atoms with E-state index in [1.54, 1.807) is 6.07 Å². The number of methoxy groups -OCH3 is 1. The first-order chi connectivity index (χ1) is 16.9. The summed E-state index contributed by atoms with van der Waals surface area (Å²) < 4.78 is 4.90. The van der Waals surface area contributed by atoms with E-state index >= 15 is 0 Å². The molecule has 3 aromatic carbocycles. The first kappa shape index (κ1) is 24.1.